The highest BCUT2D eigenvalue weighted by Gasteiger charge is 2.24. The van der Waals surface area contributed by atoms with Gasteiger partial charge in [-0.2, -0.15) is 0 Å². The fourth-order valence-electron chi connectivity index (χ4n) is 2.73. The first kappa shape index (κ1) is 34.3. The Morgan fingerprint density at radius 3 is 1.97 bits per heavy atom. The number of sulfonamides is 1. The number of aromatic nitrogens is 1. The summed E-state index contributed by atoms with van der Waals surface area (Å²) in [5, 5.41) is 8.19. The van der Waals surface area contributed by atoms with Gasteiger partial charge in [0.25, 0.3) is 10.5 Å². The van der Waals surface area contributed by atoms with Crippen LogP contribution in [0, 0.1) is 5.82 Å². The molecule has 1 aromatic heterocycles. The van der Waals surface area contributed by atoms with Crippen molar-refractivity contribution in [2.45, 2.75) is 32.1 Å². The molecule has 0 bridgehead atoms. The van der Waals surface area contributed by atoms with E-state index in [4.69, 9.17) is 19.3 Å². The Morgan fingerprint density at radius 2 is 1.51 bits per heavy atom. The van der Waals surface area contributed by atoms with Crippen LogP contribution in [0.4, 0.5) is 14.0 Å². The number of hydrogen-bond acceptors (Lipinski definition) is 6. The summed E-state index contributed by atoms with van der Waals surface area (Å²) in [4.78, 5) is 18.2. The van der Waals surface area contributed by atoms with Gasteiger partial charge in [-0.05, 0) is 36.8 Å². The Labute approximate surface area is 214 Å². The number of hydrogen-bond donors (Lipinski definition) is 5. The van der Waals surface area contributed by atoms with Crippen molar-refractivity contribution in [1.82, 2.24) is 5.16 Å². The van der Waals surface area contributed by atoms with Crippen molar-refractivity contribution < 1.29 is 32.4 Å². The molecular formula is C21H29FN4O6S3. The lowest BCUT2D eigenvalue weighted by Crippen LogP contribution is -2.13. The number of nitrogens with zero attached hydrogens (tertiary/aromatic N) is 1. The maximum absolute atomic E-state index is 13.2. The van der Waals surface area contributed by atoms with Gasteiger partial charge in [0.15, 0.2) is 0 Å². The summed E-state index contributed by atoms with van der Waals surface area (Å²) in [7, 11) is -3.93. The lowest BCUT2D eigenvalue weighted by Gasteiger charge is -2.09. The lowest BCUT2D eigenvalue weighted by atomic mass is 9.97. The standard InChI is InChI=1S/C18H17FN2O3S.2CH3NOS.CH4.H2O/c1-2-5-15-17(14-6-3-4-7-16(14)25(20,22)23)18(21-24-15)12-8-10-13(19)11-9-12;2*2-1(3)4;;/h3-4,6-11H,2,5H2,1H3,(H2,20,22,23);2*(H3,2,3,4);1H4;1H2. The largest absolute Gasteiger partial charge is 0.412 e. The van der Waals surface area contributed by atoms with Gasteiger partial charge >= 0.3 is 0 Å². The molecule has 3 aromatic rings. The Balaban J connectivity index is 0. The van der Waals surface area contributed by atoms with Gasteiger partial charge in [0.2, 0.25) is 10.0 Å². The Kier molecular flexibility index (Phi) is 15.6. The highest BCUT2D eigenvalue weighted by Crippen LogP contribution is 2.38. The summed E-state index contributed by atoms with van der Waals surface area (Å²) in [5.74, 6) is 0.199. The Hall–Kier alpha value is -2.91. The molecule has 2 amide bonds. The van der Waals surface area contributed by atoms with Crippen molar-refractivity contribution in [1.29, 1.82) is 0 Å². The van der Waals surface area contributed by atoms with Gasteiger partial charge in [-0.3, -0.25) is 9.59 Å². The number of amides is 2. The summed E-state index contributed by atoms with van der Waals surface area (Å²) in [5.41, 5.74) is 10.8. The zero-order chi connectivity index (χ0) is 25.2. The predicted octanol–water partition coefficient (Wildman–Crippen LogP) is 3.55. The molecule has 0 spiro atoms. The van der Waals surface area contributed by atoms with Gasteiger partial charge in [0, 0.05) is 17.5 Å². The fraction of sp³-hybridized carbons (Fsp3) is 0.190. The first-order valence-corrected chi connectivity index (χ1v) is 11.7. The number of primary sulfonamides is 1. The molecule has 0 aliphatic carbocycles. The zero-order valence-electron chi connectivity index (χ0n) is 17.9. The molecule has 0 unspecified atom stereocenters. The second-order valence-electron chi connectivity index (χ2n) is 6.30. The molecule has 1 heterocycles. The molecule has 14 heteroatoms. The molecule has 194 valence electrons. The maximum Gasteiger partial charge on any atom is 0.273 e. The second kappa shape index (κ2) is 15.9. The van der Waals surface area contributed by atoms with Crippen LogP contribution in [0.2, 0.25) is 0 Å². The third kappa shape index (κ3) is 11.4. The van der Waals surface area contributed by atoms with Crippen LogP contribution in [0.3, 0.4) is 0 Å². The number of nitrogens with two attached hydrogens (primary N) is 3. The number of thiol groups is 2. The molecule has 2 aromatic carbocycles. The normalized spacial score (nSPS) is 9.74. The van der Waals surface area contributed by atoms with E-state index in [1.807, 2.05) is 6.92 Å². The van der Waals surface area contributed by atoms with Gasteiger partial charge in [0.1, 0.15) is 17.3 Å². The third-order valence-corrected chi connectivity index (χ3v) is 4.79. The van der Waals surface area contributed by atoms with Crippen LogP contribution in [0.1, 0.15) is 26.5 Å². The van der Waals surface area contributed by atoms with Crippen molar-refractivity contribution in [3.05, 3.63) is 60.1 Å². The van der Waals surface area contributed by atoms with Crippen LogP contribution in [0.5, 0.6) is 0 Å². The van der Waals surface area contributed by atoms with E-state index >= 15 is 0 Å². The Bertz CT molecular complexity index is 1180. The molecule has 0 fully saturated rings. The average Bonchev–Trinajstić information content (AvgIpc) is 3.11. The summed E-state index contributed by atoms with van der Waals surface area (Å²) < 4.78 is 42.7. The van der Waals surface area contributed by atoms with E-state index in [2.05, 4.69) is 41.9 Å². The van der Waals surface area contributed by atoms with E-state index in [0.29, 0.717) is 34.6 Å². The van der Waals surface area contributed by atoms with Gasteiger partial charge in [-0.25, -0.2) is 17.9 Å². The van der Waals surface area contributed by atoms with E-state index in [0.717, 1.165) is 6.42 Å². The van der Waals surface area contributed by atoms with Crippen molar-refractivity contribution in [2.24, 2.45) is 16.6 Å². The van der Waals surface area contributed by atoms with Crippen molar-refractivity contribution in [3.8, 4) is 22.4 Å². The number of benzene rings is 2. The first-order valence-electron chi connectivity index (χ1n) is 9.21. The molecule has 0 atom stereocenters. The highest BCUT2D eigenvalue weighted by molar-refractivity contribution is 7.96. The SMILES string of the molecule is C.CCCc1onc(-c2ccc(F)cc2)c1-c1ccccc1S(N)(=O)=O.NC(=O)S.NC(=O)S.O. The van der Waals surface area contributed by atoms with Gasteiger partial charge < -0.3 is 21.5 Å². The molecule has 10 nitrogen and oxygen atoms in total. The van der Waals surface area contributed by atoms with Gasteiger partial charge in [0.05, 0.1) is 10.5 Å². The van der Waals surface area contributed by atoms with E-state index in [-0.39, 0.29) is 23.6 Å². The minimum Gasteiger partial charge on any atom is -0.412 e. The molecule has 35 heavy (non-hydrogen) atoms. The van der Waals surface area contributed by atoms with Gasteiger partial charge in [-0.15, -0.1) is 0 Å². The van der Waals surface area contributed by atoms with Crippen LogP contribution < -0.4 is 16.6 Å². The van der Waals surface area contributed by atoms with Crippen LogP contribution >= 0.6 is 25.3 Å². The zero-order valence-corrected chi connectivity index (χ0v) is 20.5. The predicted molar refractivity (Wildman–Crippen MR) is 140 cm³/mol. The number of carbonyl (C=O) groups excluding carboxylic acids is 2. The molecule has 8 N–H and O–H groups in total. The minimum atomic E-state index is -3.93. The summed E-state index contributed by atoms with van der Waals surface area (Å²) >= 11 is 6.21. The third-order valence-electron chi connectivity index (χ3n) is 3.82. The first-order chi connectivity index (χ1) is 15.4. The topological polar surface area (TPSA) is 204 Å². The van der Waals surface area contributed by atoms with Crippen LogP contribution in [-0.2, 0) is 16.4 Å². The summed E-state index contributed by atoms with van der Waals surface area (Å²) in [6.45, 7) is 1.98. The van der Waals surface area contributed by atoms with E-state index < -0.39 is 20.5 Å². The number of halogens is 1. The number of primary amides is 2. The van der Waals surface area contributed by atoms with Crippen molar-refractivity contribution in [3.63, 3.8) is 0 Å². The molecule has 0 aliphatic heterocycles. The van der Waals surface area contributed by atoms with E-state index in [1.54, 1.807) is 30.3 Å². The van der Waals surface area contributed by atoms with Gasteiger partial charge in [-0.1, -0.05) is 63.0 Å². The second-order valence-corrected chi connectivity index (χ2v) is 8.72. The molecule has 0 saturated heterocycles. The quantitative estimate of drug-likeness (QED) is 0.301. The van der Waals surface area contributed by atoms with E-state index in [9.17, 15) is 12.8 Å². The molecule has 3 rings (SSSR count). The van der Waals surface area contributed by atoms with Crippen LogP contribution in [0.15, 0.2) is 57.9 Å². The monoisotopic (exact) mass is 548 g/mol. The number of carbonyl (C=O) groups is 2. The van der Waals surface area contributed by atoms with Crippen molar-refractivity contribution >= 4 is 45.8 Å². The Morgan fingerprint density at radius 1 is 1.03 bits per heavy atom. The van der Waals surface area contributed by atoms with Crippen LogP contribution in [-0.4, -0.2) is 29.5 Å². The molecular weight excluding hydrogens is 519 g/mol. The number of rotatable bonds is 5. The smallest absolute Gasteiger partial charge is 0.273 e. The summed E-state index contributed by atoms with van der Waals surface area (Å²) in [6.07, 6.45) is 1.38. The lowest BCUT2D eigenvalue weighted by molar-refractivity contribution is 0.266. The average molecular weight is 549 g/mol. The maximum atomic E-state index is 13.2. The highest BCUT2D eigenvalue weighted by atomic mass is 32.2. The fourth-order valence-corrected chi connectivity index (χ4v) is 3.47. The van der Waals surface area contributed by atoms with Crippen LogP contribution in [0.25, 0.3) is 22.4 Å². The molecule has 0 saturated carbocycles. The molecule has 0 radical (unpaired) electrons. The minimum absolute atomic E-state index is 0. The van der Waals surface area contributed by atoms with E-state index in [1.165, 1.54) is 18.2 Å². The van der Waals surface area contributed by atoms with Crippen molar-refractivity contribution in [2.75, 3.05) is 0 Å². The molecule has 0 aliphatic rings. The summed E-state index contributed by atoms with van der Waals surface area (Å²) in [6, 6.07) is 12.2. The number of aryl methyl sites for hydroxylation is 1.